The first kappa shape index (κ1) is 15.0. The fraction of sp³-hybridized carbons (Fsp3) is 0.235. The van der Waals surface area contributed by atoms with Gasteiger partial charge in [0.15, 0.2) is 7.14 Å². The van der Waals surface area contributed by atoms with Crippen LogP contribution in [0.1, 0.15) is 20.8 Å². The molecule has 0 saturated carbocycles. The molecule has 104 valence electrons. The summed E-state index contributed by atoms with van der Waals surface area (Å²) in [7, 11) is 0. The van der Waals surface area contributed by atoms with Gasteiger partial charge in [-0.3, -0.25) is 4.79 Å². The lowest BCUT2D eigenvalue weighted by molar-refractivity contribution is -0.597. The van der Waals surface area contributed by atoms with E-state index in [1.807, 2.05) is 51.1 Å². The average molecular weight is 381 g/mol. The van der Waals surface area contributed by atoms with E-state index in [0.717, 1.165) is 0 Å². The molecule has 0 fully saturated rings. The standard InChI is InChI=1S/C17H18IO2/c1-17(2,3)16(19)20-15-11-9-14(10-12-15)18-13-7-5-4-6-8-13/h4-12H,1-3H3/q+1. The van der Waals surface area contributed by atoms with Gasteiger partial charge in [-0.1, -0.05) is 18.2 Å². The van der Waals surface area contributed by atoms with Crippen LogP contribution in [0.4, 0.5) is 0 Å². The fourth-order valence-corrected chi connectivity index (χ4v) is 3.64. The van der Waals surface area contributed by atoms with Crippen LogP contribution in [0.3, 0.4) is 0 Å². The maximum Gasteiger partial charge on any atom is 0.357 e. The van der Waals surface area contributed by atoms with Gasteiger partial charge in [-0.25, -0.2) is 0 Å². The van der Waals surface area contributed by atoms with Crippen molar-refractivity contribution in [3.8, 4) is 5.75 Å². The van der Waals surface area contributed by atoms with Crippen molar-refractivity contribution in [3.63, 3.8) is 0 Å². The van der Waals surface area contributed by atoms with Crippen molar-refractivity contribution in [2.45, 2.75) is 20.8 Å². The second-order valence-corrected chi connectivity index (χ2v) is 8.51. The Morgan fingerprint density at radius 1 is 0.900 bits per heavy atom. The van der Waals surface area contributed by atoms with Gasteiger partial charge in [0.25, 0.3) is 0 Å². The van der Waals surface area contributed by atoms with Crippen LogP contribution in [0.15, 0.2) is 54.6 Å². The molecule has 0 unspecified atom stereocenters. The van der Waals surface area contributed by atoms with Gasteiger partial charge < -0.3 is 4.74 Å². The van der Waals surface area contributed by atoms with Gasteiger partial charge in [0.05, 0.1) is 5.41 Å². The van der Waals surface area contributed by atoms with Crippen LogP contribution in [-0.2, 0) is 4.79 Å². The molecule has 0 heterocycles. The van der Waals surface area contributed by atoms with Crippen molar-refractivity contribution in [1.82, 2.24) is 0 Å². The highest BCUT2D eigenvalue weighted by Gasteiger charge is 2.24. The minimum Gasteiger partial charge on any atom is -0.426 e. The third-order valence-corrected chi connectivity index (χ3v) is 5.27. The summed E-state index contributed by atoms with van der Waals surface area (Å²) >= 11 is -0.169. The molecule has 0 spiro atoms. The van der Waals surface area contributed by atoms with E-state index in [-0.39, 0.29) is 27.2 Å². The predicted octanol–water partition coefficient (Wildman–Crippen LogP) is 0.767. The Morgan fingerprint density at radius 3 is 2.00 bits per heavy atom. The van der Waals surface area contributed by atoms with Crippen LogP contribution in [0, 0.1) is 12.6 Å². The molecule has 0 aliphatic heterocycles. The molecule has 0 aliphatic carbocycles. The molecular formula is C17H18IO2+. The molecule has 0 amide bonds. The van der Waals surface area contributed by atoms with Gasteiger partial charge in [-0.2, -0.15) is 0 Å². The average Bonchev–Trinajstić information content (AvgIpc) is 2.41. The Balaban J connectivity index is 2.02. The number of benzene rings is 2. The zero-order valence-electron chi connectivity index (χ0n) is 11.9. The number of esters is 1. The second-order valence-electron chi connectivity index (χ2n) is 5.48. The molecule has 0 radical (unpaired) electrons. The Bertz CT molecular complexity index is 568. The smallest absolute Gasteiger partial charge is 0.357 e. The van der Waals surface area contributed by atoms with Crippen LogP contribution < -0.4 is 25.9 Å². The molecule has 2 aromatic carbocycles. The molecule has 0 N–H and O–H groups in total. The molecule has 2 nitrogen and oxygen atoms in total. The van der Waals surface area contributed by atoms with Gasteiger partial charge >= 0.3 is 27.2 Å². The summed E-state index contributed by atoms with van der Waals surface area (Å²) in [5.74, 6) is 0.411. The molecule has 0 aromatic heterocycles. The van der Waals surface area contributed by atoms with Crippen molar-refractivity contribution in [1.29, 1.82) is 0 Å². The number of rotatable bonds is 3. The maximum absolute atomic E-state index is 11.8. The summed E-state index contributed by atoms with van der Waals surface area (Å²) in [5, 5.41) is 0. The normalized spacial score (nSPS) is 11.2. The molecule has 2 rings (SSSR count). The second kappa shape index (κ2) is 6.39. The summed E-state index contributed by atoms with van der Waals surface area (Å²) in [6, 6.07) is 18.3. The van der Waals surface area contributed by atoms with Crippen molar-refractivity contribution in [3.05, 3.63) is 61.7 Å². The first-order valence-corrected chi connectivity index (χ1v) is 8.63. The number of hydrogen-bond acceptors (Lipinski definition) is 2. The van der Waals surface area contributed by atoms with Crippen LogP contribution in [0.5, 0.6) is 5.75 Å². The van der Waals surface area contributed by atoms with Crippen molar-refractivity contribution in [2.24, 2.45) is 5.41 Å². The van der Waals surface area contributed by atoms with Gasteiger partial charge in [0.1, 0.15) is 5.75 Å². The van der Waals surface area contributed by atoms with Crippen LogP contribution in [0.25, 0.3) is 0 Å². The zero-order chi connectivity index (χ0) is 14.6. The zero-order valence-corrected chi connectivity index (χ0v) is 14.0. The molecular weight excluding hydrogens is 363 g/mol. The van der Waals surface area contributed by atoms with Crippen molar-refractivity contribution in [2.75, 3.05) is 0 Å². The Labute approximate surface area is 130 Å². The van der Waals surface area contributed by atoms with Gasteiger partial charge in [-0.15, -0.1) is 0 Å². The van der Waals surface area contributed by atoms with Crippen LogP contribution in [0.2, 0.25) is 0 Å². The van der Waals surface area contributed by atoms with E-state index in [2.05, 4.69) is 24.3 Å². The molecule has 0 atom stereocenters. The quantitative estimate of drug-likeness (QED) is 0.446. The number of hydrogen-bond donors (Lipinski definition) is 0. The maximum atomic E-state index is 11.8. The number of ether oxygens (including phenoxy) is 1. The highest BCUT2D eigenvalue weighted by atomic mass is 127. The molecule has 2 aromatic rings. The summed E-state index contributed by atoms with van der Waals surface area (Å²) < 4.78 is 8.05. The van der Waals surface area contributed by atoms with E-state index >= 15 is 0 Å². The lowest BCUT2D eigenvalue weighted by Crippen LogP contribution is -3.61. The van der Waals surface area contributed by atoms with Crippen LogP contribution >= 0.6 is 0 Å². The predicted molar refractivity (Wildman–Crippen MR) is 75.4 cm³/mol. The third kappa shape index (κ3) is 4.34. The van der Waals surface area contributed by atoms with Gasteiger partial charge in [-0.05, 0) is 57.2 Å². The molecule has 0 bridgehead atoms. The van der Waals surface area contributed by atoms with Crippen molar-refractivity contribution >= 4 is 5.97 Å². The van der Waals surface area contributed by atoms with E-state index in [0.29, 0.717) is 5.75 Å². The number of carbonyl (C=O) groups excluding carboxylic acids is 1. The molecule has 0 saturated heterocycles. The van der Waals surface area contributed by atoms with Crippen molar-refractivity contribution < 1.29 is 30.7 Å². The van der Waals surface area contributed by atoms with E-state index < -0.39 is 5.41 Å². The van der Waals surface area contributed by atoms with E-state index in [4.69, 9.17) is 4.74 Å². The first-order chi connectivity index (χ1) is 9.45. The highest BCUT2D eigenvalue weighted by molar-refractivity contribution is 5.77. The summed E-state index contributed by atoms with van der Waals surface area (Å²) in [5.41, 5.74) is -0.477. The van der Waals surface area contributed by atoms with Gasteiger partial charge in [0, 0.05) is 0 Å². The minimum atomic E-state index is -0.477. The lowest BCUT2D eigenvalue weighted by Gasteiger charge is -2.15. The SMILES string of the molecule is CC(C)(C)C(=O)Oc1ccc([I+]c2ccccc2)cc1. The monoisotopic (exact) mass is 381 g/mol. The topological polar surface area (TPSA) is 26.3 Å². The summed E-state index contributed by atoms with van der Waals surface area (Å²) in [6.07, 6.45) is 0. The Hall–Kier alpha value is -1.36. The van der Waals surface area contributed by atoms with E-state index in [1.165, 1.54) is 7.14 Å². The molecule has 3 heteroatoms. The fourth-order valence-electron chi connectivity index (χ4n) is 1.43. The number of halogens is 1. The highest BCUT2D eigenvalue weighted by Crippen LogP contribution is 2.18. The minimum absolute atomic E-state index is 0.169. The van der Waals surface area contributed by atoms with Crippen LogP contribution in [-0.4, -0.2) is 5.97 Å². The summed E-state index contributed by atoms with van der Waals surface area (Å²) in [6.45, 7) is 5.56. The first-order valence-electron chi connectivity index (χ1n) is 6.47. The Kier molecular flexibility index (Phi) is 4.81. The van der Waals surface area contributed by atoms with E-state index in [9.17, 15) is 4.79 Å². The molecule has 0 aliphatic rings. The Morgan fingerprint density at radius 2 is 1.45 bits per heavy atom. The third-order valence-electron chi connectivity index (χ3n) is 2.59. The van der Waals surface area contributed by atoms with Gasteiger partial charge in [0.2, 0.25) is 0 Å². The molecule has 20 heavy (non-hydrogen) atoms. The van der Waals surface area contributed by atoms with E-state index in [1.54, 1.807) is 0 Å². The lowest BCUT2D eigenvalue weighted by atomic mass is 9.97. The summed E-state index contributed by atoms with van der Waals surface area (Å²) in [4.78, 5) is 11.8. The number of carbonyl (C=O) groups is 1. The largest absolute Gasteiger partial charge is 0.426 e.